The molecule has 0 spiro atoms. The number of rotatable bonds is 4. The molecule has 1 aliphatic rings. The molecule has 2 rings (SSSR count). The summed E-state index contributed by atoms with van der Waals surface area (Å²) >= 11 is 0. The maximum absolute atomic E-state index is 13.2. The quantitative estimate of drug-likeness (QED) is 0.868. The first-order chi connectivity index (χ1) is 10.4. The van der Waals surface area contributed by atoms with Crippen molar-refractivity contribution in [3.8, 4) is 0 Å². The zero-order chi connectivity index (χ0) is 16.3. The van der Waals surface area contributed by atoms with Crippen molar-refractivity contribution < 1.29 is 22.7 Å². The van der Waals surface area contributed by atoms with Gasteiger partial charge in [-0.3, -0.25) is 0 Å². The number of urea groups is 1. The number of carbonyl (C=O) groups is 1. The first-order valence-corrected chi connectivity index (χ1v) is 7.11. The van der Waals surface area contributed by atoms with Gasteiger partial charge in [0.1, 0.15) is 0 Å². The lowest BCUT2D eigenvalue weighted by Crippen LogP contribution is -2.44. The van der Waals surface area contributed by atoms with Crippen molar-refractivity contribution in [2.75, 3.05) is 20.3 Å². The Hall–Kier alpha value is -1.76. The normalized spacial score (nSPS) is 19.0. The van der Waals surface area contributed by atoms with Crippen molar-refractivity contribution in [1.82, 2.24) is 10.2 Å². The van der Waals surface area contributed by atoms with Crippen LogP contribution in [0.25, 0.3) is 0 Å². The average Bonchev–Trinajstić information content (AvgIpc) is 2.98. The predicted molar refractivity (Wildman–Crippen MR) is 74.7 cm³/mol. The third-order valence-corrected chi connectivity index (χ3v) is 3.83. The topological polar surface area (TPSA) is 41.6 Å². The lowest BCUT2D eigenvalue weighted by Gasteiger charge is -2.24. The smallest absolute Gasteiger partial charge is 0.317 e. The number of carbonyl (C=O) groups excluding carboxylic acids is 1. The minimum atomic E-state index is -1.51. The molecule has 122 valence electrons. The van der Waals surface area contributed by atoms with Crippen LogP contribution in [-0.4, -0.2) is 37.2 Å². The molecule has 1 N–H and O–H groups in total. The number of nitrogens with zero attached hydrogens (tertiary/aromatic N) is 1. The highest BCUT2D eigenvalue weighted by Gasteiger charge is 2.24. The van der Waals surface area contributed by atoms with E-state index >= 15 is 0 Å². The van der Waals surface area contributed by atoms with E-state index in [1.165, 1.54) is 11.9 Å². The van der Waals surface area contributed by atoms with Crippen LogP contribution < -0.4 is 5.32 Å². The summed E-state index contributed by atoms with van der Waals surface area (Å²) in [6.07, 6.45) is 0.888. The van der Waals surface area contributed by atoms with Gasteiger partial charge < -0.3 is 15.0 Å². The number of nitrogens with one attached hydrogen (secondary N) is 1. The van der Waals surface area contributed by atoms with Gasteiger partial charge in [-0.05, 0) is 31.0 Å². The molecule has 0 radical (unpaired) electrons. The molecule has 7 heteroatoms. The fourth-order valence-electron chi connectivity index (χ4n) is 2.41. The molecular formula is C15H19F3N2O2. The molecule has 0 bridgehead atoms. The van der Waals surface area contributed by atoms with Gasteiger partial charge >= 0.3 is 6.03 Å². The molecule has 2 amide bonds. The second-order valence-electron chi connectivity index (χ2n) is 5.59. The van der Waals surface area contributed by atoms with Crippen LogP contribution in [0.5, 0.6) is 0 Å². The van der Waals surface area contributed by atoms with Gasteiger partial charge in [0.2, 0.25) is 0 Å². The zero-order valence-corrected chi connectivity index (χ0v) is 12.5. The highest BCUT2D eigenvalue weighted by Crippen LogP contribution is 2.17. The third kappa shape index (κ3) is 3.91. The van der Waals surface area contributed by atoms with Crippen molar-refractivity contribution in [2.24, 2.45) is 5.92 Å². The maximum Gasteiger partial charge on any atom is 0.317 e. The van der Waals surface area contributed by atoms with Crippen molar-refractivity contribution >= 4 is 6.03 Å². The van der Waals surface area contributed by atoms with E-state index < -0.39 is 17.5 Å². The minimum absolute atomic E-state index is 0.0200. The molecule has 1 saturated heterocycles. The molecule has 0 unspecified atom stereocenters. The van der Waals surface area contributed by atoms with Gasteiger partial charge in [0.25, 0.3) is 0 Å². The van der Waals surface area contributed by atoms with Gasteiger partial charge in [-0.25, -0.2) is 18.0 Å². The molecule has 2 atom stereocenters. The number of ether oxygens (including phenoxy) is 1. The second kappa shape index (κ2) is 7.00. The summed E-state index contributed by atoms with van der Waals surface area (Å²) in [5, 5.41) is 2.83. The van der Waals surface area contributed by atoms with E-state index in [1.807, 2.05) is 6.92 Å². The number of hydrogen-bond acceptors (Lipinski definition) is 2. The first-order valence-electron chi connectivity index (χ1n) is 7.11. The average molecular weight is 316 g/mol. The van der Waals surface area contributed by atoms with Crippen molar-refractivity contribution in [3.63, 3.8) is 0 Å². The summed E-state index contributed by atoms with van der Waals surface area (Å²) in [6, 6.07) is 1.36. The zero-order valence-electron chi connectivity index (χ0n) is 12.5. The summed E-state index contributed by atoms with van der Waals surface area (Å²) < 4.78 is 44.5. The predicted octanol–water partition coefficient (Wildman–Crippen LogP) is 2.67. The molecule has 1 aliphatic heterocycles. The maximum atomic E-state index is 13.2. The van der Waals surface area contributed by atoms with E-state index in [4.69, 9.17) is 4.74 Å². The van der Waals surface area contributed by atoms with E-state index in [0.717, 1.165) is 18.6 Å². The lowest BCUT2D eigenvalue weighted by molar-refractivity contribution is 0.173. The summed E-state index contributed by atoms with van der Waals surface area (Å²) in [6.45, 7) is 3.17. The monoisotopic (exact) mass is 316 g/mol. The van der Waals surface area contributed by atoms with Crippen LogP contribution in [0, 0.1) is 23.4 Å². The Kier molecular flexibility index (Phi) is 5.28. The highest BCUT2D eigenvalue weighted by atomic mass is 19.2. The van der Waals surface area contributed by atoms with Crippen LogP contribution in [0.4, 0.5) is 18.0 Å². The molecule has 4 nitrogen and oxygen atoms in total. The molecule has 0 aliphatic carbocycles. The van der Waals surface area contributed by atoms with Gasteiger partial charge in [-0.15, -0.1) is 0 Å². The van der Waals surface area contributed by atoms with Crippen molar-refractivity contribution in [1.29, 1.82) is 0 Å². The van der Waals surface area contributed by atoms with E-state index in [0.29, 0.717) is 13.2 Å². The Morgan fingerprint density at radius 1 is 1.41 bits per heavy atom. The molecule has 1 aromatic carbocycles. The number of hydrogen-bond donors (Lipinski definition) is 1. The van der Waals surface area contributed by atoms with Crippen LogP contribution in [0.3, 0.4) is 0 Å². The number of benzene rings is 1. The Morgan fingerprint density at radius 2 is 2.05 bits per heavy atom. The molecular weight excluding hydrogens is 297 g/mol. The highest BCUT2D eigenvalue weighted by molar-refractivity contribution is 5.74. The second-order valence-corrected chi connectivity index (χ2v) is 5.59. The van der Waals surface area contributed by atoms with Crippen LogP contribution in [0.15, 0.2) is 12.1 Å². The Balaban J connectivity index is 1.93. The Bertz CT molecular complexity index is 525. The van der Waals surface area contributed by atoms with E-state index in [1.54, 1.807) is 0 Å². The van der Waals surface area contributed by atoms with Gasteiger partial charge in [0, 0.05) is 32.2 Å². The summed E-state index contributed by atoms with van der Waals surface area (Å²) in [7, 11) is 1.51. The van der Waals surface area contributed by atoms with Crippen LogP contribution >= 0.6 is 0 Å². The summed E-state index contributed by atoms with van der Waals surface area (Å²) in [4.78, 5) is 13.4. The summed E-state index contributed by atoms with van der Waals surface area (Å²) in [5.74, 6) is -3.77. The van der Waals surface area contributed by atoms with Crippen LogP contribution in [-0.2, 0) is 11.3 Å². The molecule has 1 heterocycles. The fraction of sp³-hybridized carbons (Fsp3) is 0.533. The minimum Gasteiger partial charge on any atom is -0.381 e. The largest absolute Gasteiger partial charge is 0.381 e. The molecule has 0 saturated carbocycles. The van der Waals surface area contributed by atoms with E-state index in [9.17, 15) is 18.0 Å². The van der Waals surface area contributed by atoms with Gasteiger partial charge in [-0.1, -0.05) is 0 Å². The molecule has 0 aromatic heterocycles. The Morgan fingerprint density at radius 3 is 2.59 bits per heavy atom. The molecule has 1 aromatic rings. The van der Waals surface area contributed by atoms with Crippen LogP contribution in [0.1, 0.15) is 18.9 Å². The number of halogens is 3. The van der Waals surface area contributed by atoms with Crippen molar-refractivity contribution in [2.45, 2.75) is 25.9 Å². The summed E-state index contributed by atoms with van der Waals surface area (Å²) in [5.41, 5.74) is 0.186. The third-order valence-electron chi connectivity index (χ3n) is 3.83. The molecule has 22 heavy (non-hydrogen) atoms. The lowest BCUT2D eigenvalue weighted by atomic mass is 10.0. The van der Waals surface area contributed by atoms with Crippen molar-refractivity contribution in [3.05, 3.63) is 35.1 Å². The van der Waals surface area contributed by atoms with Gasteiger partial charge in [-0.2, -0.15) is 0 Å². The van der Waals surface area contributed by atoms with Gasteiger partial charge in [0.05, 0.1) is 6.61 Å². The molecule has 1 fully saturated rings. The number of amides is 2. The van der Waals surface area contributed by atoms with E-state index in [2.05, 4.69) is 5.32 Å². The SMILES string of the molecule is C[C@H](NC(=O)N(C)Cc1cc(F)c(F)c(F)c1)[C@@H]1CCOC1. The standard InChI is InChI=1S/C15H19F3N2O2/c1-9(11-3-4-22-8-11)19-15(21)20(2)7-10-5-12(16)14(18)13(17)6-10/h5-6,9,11H,3-4,7-8H2,1-2H3,(H,19,21)/t9-,11+/m0/s1. The first kappa shape index (κ1) is 16.6. The van der Waals surface area contributed by atoms with Gasteiger partial charge in [0.15, 0.2) is 17.5 Å². The van der Waals surface area contributed by atoms with Crippen LogP contribution in [0.2, 0.25) is 0 Å². The fourth-order valence-corrected chi connectivity index (χ4v) is 2.41. The Labute approximate surface area is 127 Å². The van der Waals surface area contributed by atoms with E-state index in [-0.39, 0.29) is 30.1 Å².